The van der Waals surface area contributed by atoms with Crippen LogP contribution in [0.2, 0.25) is 0 Å². The van der Waals surface area contributed by atoms with Crippen molar-refractivity contribution >= 4 is 45.2 Å². The summed E-state index contributed by atoms with van der Waals surface area (Å²) < 4.78 is 8.09. The molecule has 41 heavy (non-hydrogen) atoms. The van der Waals surface area contributed by atoms with E-state index in [9.17, 15) is 9.59 Å². The Morgan fingerprint density at radius 3 is 2.46 bits per heavy atom. The number of halogens is 1. The van der Waals surface area contributed by atoms with Crippen molar-refractivity contribution in [2.75, 3.05) is 12.9 Å². The number of hydrogen-bond donors (Lipinski definition) is 1. The number of ether oxygens (including phenoxy) is 1. The number of hydrogen-bond acceptors (Lipinski definition) is 7. The molecule has 0 unspecified atom stereocenters. The van der Waals surface area contributed by atoms with Crippen molar-refractivity contribution in [3.63, 3.8) is 0 Å². The van der Waals surface area contributed by atoms with Gasteiger partial charge in [0, 0.05) is 17.9 Å². The minimum atomic E-state index is -0.234. The fraction of sp³-hybridized carbons (Fsp3) is 0.233. The van der Waals surface area contributed by atoms with Gasteiger partial charge < -0.3 is 14.6 Å². The number of methoxy groups -OCH3 is 1. The number of hydrazone groups is 1. The summed E-state index contributed by atoms with van der Waals surface area (Å²) in [7, 11) is 3.45. The number of benzene rings is 3. The van der Waals surface area contributed by atoms with E-state index in [1.807, 2.05) is 85.9 Å². The second-order valence-electron chi connectivity index (χ2n) is 9.47. The van der Waals surface area contributed by atoms with E-state index in [-0.39, 0.29) is 30.2 Å². The summed E-state index contributed by atoms with van der Waals surface area (Å²) in [5, 5.41) is 18.3. The van der Waals surface area contributed by atoms with Crippen molar-refractivity contribution in [2.45, 2.75) is 30.6 Å². The maximum absolute atomic E-state index is 13.5. The Morgan fingerprint density at radius 2 is 1.76 bits per heavy atom. The SMILES string of the molecule is COc1ccc([C@H]2CC(c3ccc(Br)cc3)=NN2C(=O)CSc2nnc(CNC(=O)Cc3ccccc3)n2C)cc1. The molecule has 0 saturated heterocycles. The van der Waals surface area contributed by atoms with Crippen LogP contribution in [0.1, 0.15) is 35.0 Å². The lowest BCUT2D eigenvalue weighted by Crippen LogP contribution is -2.28. The summed E-state index contributed by atoms with van der Waals surface area (Å²) in [6.07, 6.45) is 0.893. The molecule has 11 heteroatoms. The molecule has 9 nitrogen and oxygen atoms in total. The van der Waals surface area contributed by atoms with E-state index < -0.39 is 0 Å². The zero-order valence-electron chi connectivity index (χ0n) is 22.7. The lowest BCUT2D eigenvalue weighted by Gasteiger charge is -2.22. The molecular weight excluding hydrogens is 604 g/mol. The molecule has 1 atom stereocenters. The van der Waals surface area contributed by atoms with Crippen molar-refractivity contribution in [1.29, 1.82) is 0 Å². The van der Waals surface area contributed by atoms with Crippen molar-refractivity contribution < 1.29 is 14.3 Å². The molecule has 1 N–H and O–H groups in total. The molecule has 0 bridgehead atoms. The summed E-state index contributed by atoms with van der Waals surface area (Å²) in [4.78, 5) is 25.9. The molecule has 2 heterocycles. The Balaban J connectivity index is 1.25. The van der Waals surface area contributed by atoms with Crippen LogP contribution >= 0.6 is 27.7 Å². The number of carbonyl (C=O) groups is 2. The minimum absolute atomic E-state index is 0.0957. The number of aromatic nitrogens is 3. The van der Waals surface area contributed by atoms with Gasteiger partial charge in [-0.3, -0.25) is 9.59 Å². The van der Waals surface area contributed by atoms with Gasteiger partial charge in [-0.15, -0.1) is 10.2 Å². The fourth-order valence-electron chi connectivity index (χ4n) is 4.48. The predicted octanol–water partition coefficient (Wildman–Crippen LogP) is 4.92. The van der Waals surface area contributed by atoms with Crippen molar-refractivity contribution in [3.8, 4) is 5.75 Å². The van der Waals surface area contributed by atoms with Gasteiger partial charge in [0.05, 0.1) is 37.6 Å². The van der Waals surface area contributed by atoms with Crippen LogP contribution in [0, 0.1) is 0 Å². The van der Waals surface area contributed by atoms with E-state index in [1.54, 1.807) is 16.7 Å². The van der Waals surface area contributed by atoms with E-state index >= 15 is 0 Å². The summed E-state index contributed by atoms with van der Waals surface area (Å²) in [5.74, 6) is 1.26. The molecule has 0 fully saturated rings. The second-order valence-corrected chi connectivity index (χ2v) is 11.3. The van der Waals surface area contributed by atoms with Crippen LogP contribution in [0.5, 0.6) is 5.75 Å². The Labute approximate surface area is 251 Å². The van der Waals surface area contributed by atoms with Crippen molar-refractivity contribution in [2.24, 2.45) is 12.1 Å². The number of thioether (sulfide) groups is 1. The Hall–Kier alpha value is -3.96. The van der Waals surface area contributed by atoms with Gasteiger partial charge in [0.15, 0.2) is 11.0 Å². The quantitative estimate of drug-likeness (QED) is 0.249. The highest BCUT2D eigenvalue weighted by Crippen LogP contribution is 2.34. The van der Waals surface area contributed by atoms with E-state index in [1.165, 1.54) is 11.8 Å². The molecule has 5 rings (SSSR count). The molecule has 0 saturated carbocycles. The van der Waals surface area contributed by atoms with Crippen molar-refractivity contribution in [3.05, 3.63) is 106 Å². The second kappa shape index (κ2) is 13.1. The average Bonchev–Trinajstić information content (AvgIpc) is 3.59. The molecule has 0 spiro atoms. The highest BCUT2D eigenvalue weighted by Gasteiger charge is 2.33. The standard InChI is InChI=1S/C30H29BrN6O3S/c1-36-27(18-32-28(38)16-20-6-4-3-5-7-20)33-34-30(36)41-19-29(39)37-26(22-10-14-24(40-2)15-11-22)17-25(35-37)21-8-12-23(31)13-9-21/h3-15,26H,16-19H2,1-2H3,(H,32,38)/t26-/m1/s1. The predicted molar refractivity (Wildman–Crippen MR) is 162 cm³/mol. The van der Waals surface area contributed by atoms with Crippen LogP contribution in [0.15, 0.2) is 93.6 Å². The van der Waals surface area contributed by atoms with Crippen LogP contribution in [0.4, 0.5) is 0 Å². The normalized spacial score (nSPS) is 14.6. The Morgan fingerprint density at radius 1 is 1.02 bits per heavy atom. The molecule has 210 valence electrons. The first kappa shape index (κ1) is 28.6. The molecule has 1 aliphatic rings. The van der Waals surface area contributed by atoms with Gasteiger partial charge in [-0.25, -0.2) is 5.01 Å². The molecule has 1 aliphatic heterocycles. The highest BCUT2D eigenvalue weighted by molar-refractivity contribution is 9.10. The maximum Gasteiger partial charge on any atom is 0.253 e. The van der Waals surface area contributed by atoms with Crippen LogP contribution in [0.25, 0.3) is 0 Å². The number of amides is 2. The van der Waals surface area contributed by atoms with Gasteiger partial charge in [-0.2, -0.15) is 5.10 Å². The summed E-state index contributed by atoms with van der Waals surface area (Å²) >= 11 is 4.77. The van der Waals surface area contributed by atoms with E-state index in [2.05, 4.69) is 31.4 Å². The highest BCUT2D eigenvalue weighted by atomic mass is 79.9. The zero-order valence-corrected chi connectivity index (χ0v) is 25.1. The van der Waals surface area contributed by atoms with Gasteiger partial charge in [0.2, 0.25) is 5.91 Å². The van der Waals surface area contributed by atoms with E-state index in [0.29, 0.717) is 23.8 Å². The molecule has 3 aromatic carbocycles. The Bertz CT molecular complexity index is 1540. The van der Waals surface area contributed by atoms with Crippen LogP contribution < -0.4 is 10.1 Å². The third-order valence-electron chi connectivity index (χ3n) is 6.74. The number of nitrogens with one attached hydrogen (secondary N) is 1. The maximum atomic E-state index is 13.5. The van der Waals surface area contributed by atoms with Gasteiger partial charge in [-0.1, -0.05) is 82.3 Å². The molecule has 0 radical (unpaired) electrons. The number of rotatable bonds is 10. The van der Waals surface area contributed by atoms with Gasteiger partial charge in [0.1, 0.15) is 5.75 Å². The molecule has 2 amide bonds. The van der Waals surface area contributed by atoms with Crippen LogP contribution in [-0.4, -0.2) is 50.2 Å². The Kier molecular flexibility index (Phi) is 9.15. The number of nitrogens with zero attached hydrogens (tertiary/aromatic N) is 5. The first-order chi connectivity index (χ1) is 19.9. The van der Waals surface area contributed by atoms with Gasteiger partial charge >= 0.3 is 0 Å². The van der Waals surface area contributed by atoms with Crippen LogP contribution in [0.3, 0.4) is 0 Å². The number of carbonyl (C=O) groups excluding carboxylic acids is 2. The van der Waals surface area contributed by atoms with E-state index in [0.717, 1.165) is 32.6 Å². The zero-order chi connectivity index (χ0) is 28.8. The summed E-state index contributed by atoms with van der Waals surface area (Å²) in [6.45, 7) is 0.246. The molecule has 0 aliphatic carbocycles. The first-order valence-electron chi connectivity index (χ1n) is 13.0. The lowest BCUT2D eigenvalue weighted by molar-refractivity contribution is -0.130. The third-order valence-corrected chi connectivity index (χ3v) is 8.28. The van der Waals surface area contributed by atoms with Crippen molar-refractivity contribution in [1.82, 2.24) is 25.1 Å². The lowest BCUT2D eigenvalue weighted by atomic mass is 9.98. The molecule has 4 aromatic rings. The fourth-order valence-corrected chi connectivity index (χ4v) is 5.53. The van der Waals surface area contributed by atoms with E-state index in [4.69, 9.17) is 9.84 Å². The smallest absolute Gasteiger partial charge is 0.253 e. The monoisotopic (exact) mass is 632 g/mol. The van der Waals surface area contributed by atoms with Gasteiger partial charge in [0.25, 0.3) is 5.91 Å². The third kappa shape index (κ3) is 7.04. The topological polar surface area (TPSA) is 102 Å². The average molecular weight is 634 g/mol. The van der Waals surface area contributed by atoms with Gasteiger partial charge in [-0.05, 0) is 41.0 Å². The molecule has 1 aromatic heterocycles. The molecular formula is C30H29BrN6O3S. The summed E-state index contributed by atoms with van der Waals surface area (Å²) in [5.41, 5.74) is 3.75. The largest absolute Gasteiger partial charge is 0.497 e. The van der Waals surface area contributed by atoms with Crippen LogP contribution in [-0.2, 0) is 29.6 Å². The summed E-state index contributed by atoms with van der Waals surface area (Å²) in [6, 6.07) is 25.0. The minimum Gasteiger partial charge on any atom is -0.497 e. The first-order valence-corrected chi connectivity index (χ1v) is 14.8.